The molecule has 0 radical (unpaired) electrons. The van der Waals surface area contributed by atoms with E-state index in [1.54, 1.807) is 29.1 Å². The Kier molecular flexibility index (Phi) is 4.62. The summed E-state index contributed by atoms with van der Waals surface area (Å²) >= 11 is 6.08. The Bertz CT molecular complexity index is 923. The molecular weight excluding hydrogens is 324 g/mol. The van der Waals surface area contributed by atoms with Crippen molar-refractivity contribution in [2.45, 2.75) is 19.4 Å². The number of nitrogen functional groups attached to an aromatic ring is 1. The standard InChI is InChI=1S/C18H17ClN4O/c1-2-16(13-4-3-5-14(19)10-13)23-9-7-12(11-17(23)24)15-6-8-21-18(20)22-15/h3-11,16H,2H2,1H3,(H2,20,21,22). The summed E-state index contributed by atoms with van der Waals surface area (Å²) in [5.74, 6) is 0.182. The van der Waals surface area contributed by atoms with Crippen molar-refractivity contribution >= 4 is 17.5 Å². The summed E-state index contributed by atoms with van der Waals surface area (Å²) < 4.78 is 1.71. The molecule has 24 heavy (non-hydrogen) atoms. The number of hydrogen-bond donors (Lipinski definition) is 1. The molecule has 3 aromatic rings. The maximum Gasteiger partial charge on any atom is 0.251 e. The predicted octanol–water partition coefficient (Wildman–Crippen LogP) is 3.54. The number of rotatable bonds is 4. The number of aromatic nitrogens is 3. The lowest BCUT2D eigenvalue weighted by Crippen LogP contribution is -2.24. The number of pyridine rings is 1. The van der Waals surface area contributed by atoms with Crippen LogP contribution in [0.3, 0.4) is 0 Å². The smallest absolute Gasteiger partial charge is 0.251 e. The van der Waals surface area contributed by atoms with Crippen molar-refractivity contribution < 1.29 is 0 Å². The minimum atomic E-state index is -0.100. The molecule has 0 saturated carbocycles. The van der Waals surface area contributed by atoms with Gasteiger partial charge in [0.2, 0.25) is 5.95 Å². The monoisotopic (exact) mass is 340 g/mol. The van der Waals surface area contributed by atoms with E-state index >= 15 is 0 Å². The van der Waals surface area contributed by atoms with Crippen molar-refractivity contribution in [3.05, 3.63) is 75.8 Å². The molecule has 0 saturated heterocycles. The summed E-state index contributed by atoms with van der Waals surface area (Å²) in [6.45, 7) is 2.04. The van der Waals surface area contributed by atoms with Crippen molar-refractivity contribution in [3.63, 3.8) is 0 Å². The number of anilines is 1. The van der Waals surface area contributed by atoms with Gasteiger partial charge in [-0.25, -0.2) is 9.97 Å². The van der Waals surface area contributed by atoms with E-state index in [4.69, 9.17) is 17.3 Å². The van der Waals surface area contributed by atoms with Gasteiger partial charge in [0.25, 0.3) is 5.56 Å². The molecule has 1 aromatic carbocycles. The summed E-state index contributed by atoms with van der Waals surface area (Å²) in [6.07, 6.45) is 4.13. The van der Waals surface area contributed by atoms with Crippen LogP contribution in [0.2, 0.25) is 5.02 Å². The van der Waals surface area contributed by atoms with Crippen LogP contribution in [0.25, 0.3) is 11.3 Å². The maximum absolute atomic E-state index is 12.6. The molecule has 122 valence electrons. The van der Waals surface area contributed by atoms with E-state index in [1.807, 2.05) is 37.3 Å². The highest BCUT2D eigenvalue weighted by Gasteiger charge is 2.14. The van der Waals surface area contributed by atoms with E-state index in [2.05, 4.69) is 9.97 Å². The van der Waals surface area contributed by atoms with Gasteiger partial charge in [-0.15, -0.1) is 0 Å². The zero-order chi connectivity index (χ0) is 17.1. The lowest BCUT2D eigenvalue weighted by Gasteiger charge is -2.19. The normalized spacial score (nSPS) is 12.1. The van der Waals surface area contributed by atoms with E-state index in [1.165, 1.54) is 0 Å². The molecule has 0 fully saturated rings. The molecule has 5 nitrogen and oxygen atoms in total. The minimum absolute atomic E-state index is 0.0688. The molecule has 0 bridgehead atoms. The van der Waals surface area contributed by atoms with Gasteiger partial charge in [-0.2, -0.15) is 0 Å². The SMILES string of the molecule is CCC(c1cccc(Cl)c1)n1ccc(-c2ccnc(N)n2)cc1=O. The van der Waals surface area contributed by atoms with Crippen molar-refractivity contribution in [2.75, 3.05) is 5.73 Å². The molecule has 0 amide bonds. The van der Waals surface area contributed by atoms with E-state index in [0.717, 1.165) is 12.0 Å². The fourth-order valence-electron chi connectivity index (χ4n) is 2.75. The number of halogens is 1. The van der Waals surface area contributed by atoms with Crippen LogP contribution in [0, 0.1) is 0 Å². The van der Waals surface area contributed by atoms with Crippen LogP contribution in [0.15, 0.2) is 59.7 Å². The highest BCUT2D eigenvalue weighted by atomic mass is 35.5. The first-order valence-electron chi connectivity index (χ1n) is 7.65. The summed E-state index contributed by atoms with van der Waals surface area (Å²) in [6, 6.07) is 12.7. The Morgan fingerprint density at radius 1 is 1.25 bits per heavy atom. The molecular formula is C18H17ClN4O. The van der Waals surface area contributed by atoms with Crippen LogP contribution in [0.4, 0.5) is 5.95 Å². The topological polar surface area (TPSA) is 73.8 Å². The Hall–Kier alpha value is -2.66. The molecule has 0 aliphatic carbocycles. The van der Waals surface area contributed by atoms with Gasteiger partial charge < -0.3 is 10.3 Å². The molecule has 2 aromatic heterocycles. The fourth-order valence-corrected chi connectivity index (χ4v) is 2.95. The minimum Gasteiger partial charge on any atom is -0.368 e. The molecule has 2 N–H and O–H groups in total. The lowest BCUT2D eigenvalue weighted by molar-refractivity contribution is 0.549. The van der Waals surface area contributed by atoms with E-state index in [0.29, 0.717) is 16.3 Å². The molecule has 3 rings (SSSR count). The number of benzene rings is 1. The van der Waals surface area contributed by atoms with Gasteiger partial charge in [0.15, 0.2) is 0 Å². The Balaban J connectivity index is 2.01. The van der Waals surface area contributed by atoms with E-state index in [9.17, 15) is 4.79 Å². The van der Waals surface area contributed by atoms with Gasteiger partial charge in [-0.3, -0.25) is 4.79 Å². The number of nitrogens with two attached hydrogens (primary N) is 1. The molecule has 0 aliphatic rings. The largest absolute Gasteiger partial charge is 0.368 e. The molecule has 6 heteroatoms. The second-order valence-corrected chi connectivity index (χ2v) is 5.88. The Labute approximate surface area is 144 Å². The lowest BCUT2D eigenvalue weighted by atomic mass is 10.0. The average molecular weight is 341 g/mol. The van der Waals surface area contributed by atoms with Crippen molar-refractivity contribution in [2.24, 2.45) is 0 Å². The van der Waals surface area contributed by atoms with Crippen LogP contribution in [0.1, 0.15) is 24.9 Å². The van der Waals surface area contributed by atoms with Crippen molar-refractivity contribution in [1.29, 1.82) is 0 Å². The Morgan fingerprint density at radius 2 is 2.08 bits per heavy atom. The first-order chi connectivity index (χ1) is 11.6. The van der Waals surface area contributed by atoms with Gasteiger partial charge >= 0.3 is 0 Å². The number of hydrogen-bond acceptors (Lipinski definition) is 4. The van der Waals surface area contributed by atoms with E-state index < -0.39 is 0 Å². The van der Waals surface area contributed by atoms with E-state index in [-0.39, 0.29) is 17.5 Å². The van der Waals surface area contributed by atoms with Gasteiger partial charge in [-0.1, -0.05) is 30.7 Å². The quantitative estimate of drug-likeness (QED) is 0.788. The molecule has 1 unspecified atom stereocenters. The fraction of sp³-hybridized carbons (Fsp3) is 0.167. The third-order valence-corrected chi connectivity index (χ3v) is 4.11. The van der Waals surface area contributed by atoms with Crippen LogP contribution < -0.4 is 11.3 Å². The second kappa shape index (κ2) is 6.84. The molecule has 0 spiro atoms. The number of nitrogens with zero attached hydrogens (tertiary/aromatic N) is 3. The molecule has 0 aliphatic heterocycles. The van der Waals surface area contributed by atoms with Crippen molar-refractivity contribution in [3.8, 4) is 11.3 Å². The van der Waals surface area contributed by atoms with Crippen molar-refractivity contribution in [1.82, 2.24) is 14.5 Å². The highest BCUT2D eigenvalue weighted by Crippen LogP contribution is 2.24. The van der Waals surface area contributed by atoms with Crippen LogP contribution in [-0.2, 0) is 0 Å². The zero-order valence-electron chi connectivity index (χ0n) is 13.2. The summed E-state index contributed by atoms with van der Waals surface area (Å²) in [4.78, 5) is 20.6. The summed E-state index contributed by atoms with van der Waals surface area (Å²) in [7, 11) is 0. The molecule has 1 atom stereocenters. The molecule has 2 heterocycles. The third-order valence-electron chi connectivity index (χ3n) is 3.87. The predicted molar refractivity (Wildman–Crippen MR) is 96.0 cm³/mol. The van der Waals surface area contributed by atoms with Crippen LogP contribution in [-0.4, -0.2) is 14.5 Å². The average Bonchev–Trinajstić information content (AvgIpc) is 2.57. The Morgan fingerprint density at radius 3 is 2.75 bits per heavy atom. The van der Waals surface area contributed by atoms with Gasteiger partial charge in [-0.05, 0) is 36.2 Å². The summed E-state index contributed by atoms with van der Waals surface area (Å²) in [5.41, 5.74) is 7.85. The maximum atomic E-state index is 12.6. The third kappa shape index (κ3) is 3.31. The van der Waals surface area contributed by atoms with Crippen LogP contribution in [0.5, 0.6) is 0 Å². The highest BCUT2D eigenvalue weighted by molar-refractivity contribution is 6.30. The summed E-state index contributed by atoms with van der Waals surface area (Å²) in [5, 5.41) is 0.659. The zero-order valence-corrected chi connectivity index (χ0v) is 13.9. The second-order valence-electron chi connectivity index (χ2n) is 5.44. The first kappa shape index (κ1) is 16.2. The van der Waals surface area contributed by atoms with Gasteiger partial charge in [0.1, 0.15) is 0 Å². The van der Waals surface area contributed by atoms with Gasteiger partial charge in [0.05, 0.1) is 11.7 Å². The van der Waals surface area contributed by atoms with Gasteiger partial charge in [0, 0.05) is 29.0 Å². The van der Waals surface area contributed by atoms with Crippen LogP contribution >= 0.6 is 11.6 Å². The first-order valence-corrected chi connectivity index (χ1v) is 8.03.